The van der Waals surface area contributed by atoms with Gasteiger partial charge < -0.3 is 4.48 Å². The molecule has 0 spiro atoms. The van der Waals surface area contributed by atoms with E-state index < -0.39 is 8.24 Å². The minimum atomic E-state index is -1.28. The molecular formula is C5H14BCl2NSi. The van der Waals surface area contributed by atoms with Crippen molar-refractivity contribution in [2.75, 3.05) is 6.54 Å². The van der Waals surface area contributed by atoms with Crippen molar-refractivity contribution in [2.24, 2.45) is 0 Å². The van der Waals surface area contributed by atoms with Crippen molar-refractivity contribution < 1.29 is 0 Å². The molecule has 0 amide bonds. The van der Waals surface area contributed by atoms with E-state index in [0.29, 0.717) is 0 Å². The van der Waals surface area contributed by atoms with Gasteiger partial charge in [0.2, 0.25) is 0 Å². The van der Waals surface area contributed by atoms with Crippen LogP contribution in [0.1, 0.15) is 6.92 Å². The Bertz CT molecular complexity index is 104. The maximum absolute atomic E-state index is 5.75. The third kappa shape index (κ3) is 3.28. The predicted octanol–water partition coefficient (Wildman–Crippen LogP) is 2.61. The smallest absolute Gasteiger partial charge is 0.337 e. The Morgan fingerprint density at radius 3 is 1.70 bits per heavy atom. The van der Waals surface area contributed by atoms with Crippen LogP contribution in [0.4, 0.5) is 0 Å². The van der Waals surface area contributed by atoms with E-state index in [1.807, 2.05) is 0 Å². The van der Waals surface area contributed by atoms with E-state index in [0.717, 1.165) is 6.54 Å². The van der Waals surface area contributed by atoms with Gasteiger partial charge in [0, 0.05) is 0 Å². The maximum Gasteiger partial charge on any atom is 0.427 e. The number of hydrogen-bond donors (Lipinski definition) is 0. The molecule has 0 aliphatic heterocycles. The molecule has 10 heavy (non-hydrogen) atoms. The summed E-state index contributed by atoms with van der Waals surface area (Å²) in [5.41, 5.74) is -0.336. The molecule has 0 atom stereocenters. The molecule has 60 valence electrons. The van der Waals surface area contributed by atoms with Gasteiger partial charge in [-0.05, 0) is 6.54 Å². The van der Waals surface area contributed by atoms with E-state index in [2.05, 4.69) is 31.0 Å². The van der Waals surface area contributed by atoms with E-state index in [1.165, 1.54) is 0 Å². The molecule has 0 aliphatic rings. The van der Waals surface area contributed by atoms with Crippen LogP contribution in [0.25, 0.3) is 0 Å². The second-order valence-electron chi connectivity index (χ2n) is 3.23. The molecule has 1 nitrogen and oxygen atoms in total. The molecule has 0 heterocycles. The fourth-order valence-corrected chi connectivity index (χ4v) is 4.47. The van der Waals surface area contributed by atoms with Crippen LogP contribution >= 0.6 is 22.9 Å². The van der Waals surface area contributed by atoms with Crippen LogP contribution in [0.5, 0.6) is 0 Å². The first-order chi connectivity index (χ1) is 4.39. The Balaban J connectivity index is 4.07. The Morgan fingerprint density at radius 2 is 1.70 bits per heavy atom. The third-order valence-corrected chi connectivity index (χ3v) is 4.53. The zero-order chi connectivity index (χ0) is 8.36. The average molecular weight is 198 g/mol. The molecule has 0 aromatic rings. The lowest BCUT2D eigenvalue weighted by Gasteiger charge is -2.32. The second-order valence-corrected chi connectivity index (χ2v) is 9.20. The van der Waals surface area contributed by atoms with Crippen LogP contribution in [-0.4, -0.2) is 24.9 Å². The second kappa shape index (κ2) is 4.00. The van der Waals surface area contributed by atoms with Gasteiger partial charge in [-0.1, -0.05) is 26.6 Å². The van der Waals surface area contributed by atoms with E-state index in [4.69, 9.17) is 22.9 Å². The van der Waals surface area contributed by atoms with Gasteiger partial charge in [0.25, 0.3) is 0 Å². The molecule has 0 rings (SSSR count). The first-order valence-corrected chi connectivity index (χ1v) is 7.76. The van der Waals surface area contributed by atoms with Crippen molar-refractivity contribution in [2.45, 2.75) is 26.6 Å². The van der Waals surface area contributed by atoms with Crippen LogP contribution in [0, 0.1) is 0 Å². The van der Waals surface area contributed by atoms with Crippen molar-refractivity contribution >= 4 is 36.8 Å². The topological polar surface area (TPSA) is 3.24 Å². The number of halogens is 2. The van der Waals surface area contributed by atoms with Crippen molar-refractivity contribution in [1.82, 2.24) is 4.48 Å². The molecule has 0 saturated carbocycles. The average Bonchev–Trinajstić information content (AvgIpc) is 1.60. The molecule has 0 radical (unpaired) electrons. The summed E-state index contributed by atoms with van der Waals surface area (Å²) in [4.78, 5) is 0. The molecule has 0 fully saturated rings. The summed E-state index contributed by atoms with van der Waals surface area (Å²) >= 11 is 11.5. The van der Waals surface area contributed by atoms with Gasteiger partial charge in [0.15, 0.2) is 0 Å². The molecule has 0 aromatic carbocycles. The highest BCUT2D eigenvalue weighted by atomic mass is 35.5. The molecule has 0 saturated heterocycles. The highest BCUT2D eigenvalue weighted by molar-refractivity contribution is 7.34. The first kappa shape index (κ1) is 10.8. The molecule has 0 aliphatic carbocycles. The van der Waals surface area contributed by atoms with Gasteiger partial charge >= 0.3 is 5.68 Å². The van der Waals surface area contributed by atoms with Crippen LogP contribution in [0.2, 0.25) is 19.6 Å². The highest BCUT2D eigenvalue weighted by Crippen LogP contribution is 2.15. The quantitative estimate of drug-likeness (QED) is 0.630. The zero-order valence-electron chi connectivity index (χ0n) is 6.99. The Labute approximate surface area is 74.7 Å². The van der Waals surface area contributed by atoms with Gasteiger partial charge in [0.05, 0.1) is 0 Å². The maximum atomic E-state index is 5.75. The Kier molecular flexibility index (Phi) is 4.33. The van der Waals surface area contributed by atoms with E-state index >= 15 is 0 Å². The van der Waals surface area contributed by atoms with Gasteiger partial charge in [-0.3, -0.25) is 0 Å². The van der Waals surface area contributed by atoms with Gasteiger partial charge in [-0.15, -0.1) is 22.9 Å². The summed E-state index contributed by atoms with van der Waals surface area (Å²) in [5, 5.41) is 0. The van der Waals surface area contributed by atoms with Crippen LogP contribution in [0.15, 0.2) is 0 Å². The van der Waals surface area contributed by atoms with Crippen LogP contribution in [0.3, 0.4) is 0 Å². The Hall–Kier alpha value is 0.822. The first-order valence-electron chi connectivity index (χ1n) is 3.44. The summed E-state index contributed by atoms with van der Waals surface area (Å²) < 4.78 is 2.15. The fraction of sp³-hybridized carbons (Fsp3) is 1.00. The summed E-state index contributed by atoms with van der Waals surface area (Å²) in [6.07, 6.45) is 0. The van der Waals surface area contributed by atoms with Gasteiger partial charge in [-0.2, -0.15) is 0 Å². The summed E-state index contributed by atoms with van der Waals surface area (Å²) in [6.45, 7) is 9.71. The minimum absolute atomic E-state index is 0.336. The summed E-state index contributed by atoms with van der Waals surface area (Å²) in [6, 6.07) is 0. The highest BCUT2D eigenvalue weighted by Gasteiger charge is 2.29. The predicted molar refractivity (Wildman–Crippen MR) is 53.2 cm³/mol. The van der Waals surface area contributed by atoms with Crippen LogP contribution < -0.4 is 0 Å². The van der Waals surface area contributed by atoms with Crippen LogP contribution in [-0.2, 0) is 0 Å². The van der Waals surface area contributed by atoms with Crippen molar-refractivity contribution in [3.63, 3.8) is 0 Å². The monoisotopic (exact) mass is 197 g/mol. The molecule has 5 heteroatoms. The molecule has 0 bridgehead atoms. The van der Waals surface area contributed by atoms with Crippen molar-refractivity contribution in [1.29, 1.82) is 0 Å². The number of hydrogen-bond acceptors (Lipinski definition) is 1. The zero-order valence-corrected chi connectivity index (χ0v) is 9.50. The SMILES string of the molecule is CCN(B(Cl)Cl)[Si](C)(C)C. The van der Waals surface area contributed by atoms with Crippen molar-refractivity contribution in [3.05, 3.63) is 0 Å². The largest absolute Gasteiger partial charge is 0.427 e. The third-order valence-electron chi connectivity index (χ3n) is 1.44. The van der Waals surface area contributed by atoms with Gasteiger partial charge in [-0.25, -0.2) is 0 Å². The van der Waals surface area contributed by atoms with E-state index in [9.17, 15) is 0 Å². The fourth-order valence-electron chi connectivity index (χ4n) is 0.905. The lowest BCUT2D eigenvalue weighted by atomic mass is 10.4. The number of rotatable bonds is 3. The molecule has 0 unspecified atom stereocenters. The van der Waals surface area contributed by atoms with E-state index in [1.54, 1.807) is 0 Å². The molecule has 0 aromatic heterocycles. The van der Waals surface area contributed by atoms with Crippen molar-refractivity contribution in [3.8, 4) is 0 Å². The standard InChI is InChI=1S/C5H14BCl2NSi/c1-5-9(6(7)8)10(2,3)4/h5H2,1-4H3. The summed E-state index contributed by atoms with van der Waals surface area (Å²) in [7, 11) is -1.28. The van der Waals surface area contributed by atoms with E-state index in [-0.39, 0.29) is 5.68 Å². The Morgan fingerprint density at radius 1 is 1.30 bits per heavy atom. The van der Waals surface area contributed by atoms with Gasteiger partial charge in [0.1, 0.15) is 8.24 Å². The normalized spacial score (nSPS) is 12.3. The molecule has 0 N–H and O–H groups in total. The number of nitrogens with zero attached hydrogens (tertiary/aromatic N) is 1. The molecular weight excluding hydrogens is 184 g/mol. The minimum Gasteiger partial charge on any atom is -0.337 e. The summed E-state index contributed by atoms with van der Waals surface area (Å²) in [5.74, 6) is 0. The lowest BCUT2D eigenvalue weighted by Crippen LogP contribution is -2.50. The lowest BCUT2D eigenvalue weighted by molar-refractivity contribution is 0.687.